The van der Waals surface area contributed by atoms with Gasteiger partial charge in [-0.15, -0.1) is 0 Å². The van der Waals surface area contributed by atoms with Crippen LogP contribution in [-0.4, -0.2) is 20.1 Å². The van der Waals surface area contributed by atoms with E-state index in [-0.39, 0.29) is 11.3 Å². The van der Waals surface area contributed by atoms with Gasteiger partial charge in [-0.25, -0.2) is 0 Å². The summed E-state index contributed by atoms with van der Waals surface area (Å²) in [6.45, 7) is 0. The molecule has 7 heteroatoms. The number of amides is 1. The first-order valence-electron chi connectivity index (χ1n) is 9.36. The van der Waals surface area contributed by atoms with Crippen molar-refractivity contribution >= 4 is 51.2 Å². The van der Waals surface area contributed by atoms with E-state index < -0.39 is 0 Å². The van der Waals surface area contributed by atoms with Gasteiger partial charge in [0, 0.05) is 17.8 Å². The van der Waals surface area contributed by atoms with E-state index >= 15 is 0 Å². The second kappa shape index (κ2) is 8.53. The molecule has 0 aliphatic heterocycles. The third kappa shape index (κ3) is 4.11. The molecule has 1 N–H and O–H groups in total. The summed E-state index contributed by atoms with van der Waals surface area (Å²) in [6, 6.07) is 15.2. The van der Waals surface area contributed by atoms with E-state index in [0.29, 0.717) is 44.1 Å². The Morgan fingerprint density at radius 3 is 2.58 bits per heavy atom. The van der Waals surface area contributed by atoms with Crippen molar-refractivity contribution in [3.8, 4) is 11.5 Å². The third-order valence-electron chi connectivity index (χ3n) is 4.75. The summed E-state index contributed by atoms with van der Waals surface area (Å²) in [5.74, 6) is 0.838. The number of carbonyl (C=O) groups excluding carboxylic acids is 1. The molecule has 0 fully saturated rings. The zero-order chi connectivity index (χ0) is 22.0. The summed E-state index contributed by atoms with van der Waals surface area (Å²) in [5, 5.41) is 3.93. The zero-order valence-electron chi connectivity index (χ0n) is 16.8. The number of methoxy groups -OCH3 is 2. The molecule has 0 saturated carbocycles. The molecular formula is C24H18ClNO5. The highest BCUT2D eigenvalue weighted by Gasteiger charge is 2.11. The summed E-state index contributed by atoms with van der Waals surface area (Å²) in [5.41, 5.74) is 1.75. The number of rotatable bonds is 5. The minimum atomic E-state index is -0.338. The molecule has 0 atom stereocenters. The Labute approximate surface area is 182 Å². The number of carbonyl (C=O) groups is 1. The molecule has 6 nitrogen and oxygen atoms in total. The minimum Gasteiger partial charge on any atom is -0.493 e. The number of halogens is 1. The van der Waals surface area contributed by atoms with E-state index in [0.717, 1.165) is 5.56 Å². The molecule has 3 aromatic carbocycles. The van der Waals surface area contributed by atoms with E-state index in [1.807, 2.05) is 6.07 Å². The number of nitrogens with one attached hydrogen (secondary N) is 1. The normalized spacial score (nSPS) is 11.2. The lowest BCUT2D eigenvalue weighted by Gasteiger charge is -2.08. The highest BCUT2D eigenvalue weighted by molar-refractivity contribution is 6.34. The Balaban J connectivity index is 1.59. The maximum Gasteiger partial charge on any atom is 0.248 e. The Morgan fingerprint density at radius 2 is 1.81 bits per heavy atom. The smallest absolute Gasteiger partial charge is 0.248 e. The third-order valence-corrected chi connectivity index (χ3v) is 5.05. The maximum atomic E-state index is 12.7. The fraction of sp³-hybridized carbons (Fsp3) is 0.0833. The predicted molar refractivity (Wildman–Crippen MR) is 122 cm³/mol. The lowest BCUT2D eigenvalue weighted by atomic mass is 10.1. The van der Waals surface area contributed by atoms with Gasteiger partial charge in [-0.2, -0.15) is 0 Å². The fourth-order valence-electron chi connectivity index (χ4n) is 3.23. The van der Waals surface area contributed by atoms with Crippen molar-refractivity contribution in [1.82, 2.24) is 0 Å². The molecule has 0 spiro atoms. The van der Waals surface area contributed by atoms with Crippen molar-refractivity contribution in [1.29, 1.82) is 0 Å². The molecular weight excluding hydrogens is 418 g/mol. The van der Waals surface area contributed by atoms with Crippen molar-refractivity contribution < 1.29 is 18.7 Å². The fourth-order valence-corrected chi connectivity index (χ4v) is 3.44. The van der Waals surface area contributed by atoms with Crippen LogP contribution in [0.5, 0.6) is 11.5 Å². The number of benzene rings is 3. The van der Waals surface area contributed by atoms with Crippen molar-refractivity contribution in [2.75, 3.05) is 19.5 Å². The quantitative estimate of drug-likeness (QED) is 0.341. The molecule has 0 aliphatic rings. The van der Waals surface area contributed by atoms with Gasteiger partial charge in [-0.05, 0) is 48.0 Å². The molecule has 0 radical (unpaired) electrons. The summed E-state index contributed by atoms with van der Waals surface area (Å²) in [4.78, 5) is 25.1. The Kier molecular flexibility index (Phi) is 5.64. The molecule has 1 heterocycles. The van der Waals surface area contributed by atoms with E-state index in [2.05, 4.69) is 5.32 Å². The molecule has 0 unspecified atom stereocenters. The zero-order valence-corrected chi connectivity index (χ0v) is 17.5. The van der Waals surface area contributed by atoms with Gasteiger partial charge in [-0.1, -0.05) is 23.7 Å². The summed E-state index contributed by atoms with van der Waals surface area (Å²) in [6.07, 6.45) is 3.06. The van der Waals surface area contributed by atoms with Gasteiger partial charge in [0.25, 0.3) is 0 Å². The van der Waals surface area contributed by atoms with Crippen molar-refractivity contribution in [3.63, 3.8) is 0 Å². The second-order valence-electron chi connectivity index (χ2n) is 6.70. The average molecular weight is 436 g/mol. The van der Waals surface area contributed by atoms with E-state index in [4.69, 9.17) is 25.5 Å². The molecule has 0 bridgehead atoms. The SMILES string of the molecule is COc1ccc(/C=C/C(=O)Nc2ccc3c(=O)c4cccc(Cl)c4oc3c2)cc1OC. The number of para-hydroxylation sites is 1. The summed E-state index contributed by atoms with van der Waals surface area (Å²) < 4.78 is 16.3. The van der Waals surface area contributed by atoms with Crippen LogP contribution in [0.3, 0.4) is 0 Å². The maximum absolute atomic E-state index is 12.7. The van der Waals surface area contributed by atoms with Gasteiger partial charge in [0.2, 0.25) is 11.3 Å². The Morgan fingerprint density at radius 1 is 1.00 bits per heavy atom. The molecule has 1 amide bonds. The van der Waals surface area contributed by atoms with E-state index in [9.17, 15) is 9.59 Å². The Bertz CT molecular complexity index is 1390. The largest absolute Gasteiger partial charge is 0.493 e. The van der Waals surface area contributed by atoms with Crippen LogP contribution < -0.4 is 20.2 Å². The molecule has 4 aromatic rings. The topological polar surface area (TPSA) is 77.8 Å². The number of ether oxygens (including phenoxy) is 2. The lowest BCUT2D eigenvalue weighted by Crippen LogP contribution is -2.08. The van der Waals surface area contributed by atoms with Gasteiger partial charge >= 0.3 is 0 Å². The number of hydrogen-bond acceptors (Lipinski definition) is 5. The van der Waals surface area contributed by atoms with Crippen molar-refractivity contribution in [2.45, 2.75) is 0 Å². The second-order valence-corrected chi connectivity index (χ2v) is 7.10. The van der Waals surface area contributed by atoms with Crippen LogP contribution in [0.25, 0.3) is 28.0 Å². The number of anilines is 1. The van der Waals surface area contributed by atoms with Crippen LogP contribution in [0.15, 0.2) is 69.9 Å². The monoisotopic (exact) mass is 435 g/mol. The van der Waals surface area contributed by atoms with Crippen LogP contribution in [-0.2, 0) is 4.79 Å². The van der Waals surface area contributed by atoms with E-state index in [1.165, 1.54) is 6.08 Å². The number of hydrogen-bond donors (Lipinski definition) is 1. The van der Waals surface area contributed by atoms with Crippen LogP contribution >= 0.6 is 11.6 Å². The molecule has 156 valence electrons. The summed E-state index contributed by atoms with van der Waals surface area (Å²) in [7, 11) is 3.11. The van der Waals surface area contributed by atoms with E-state index in [1.54, 1.807) is 68.8 Å². The first-order valence-corrected chi connectivity index (χ1v) is 9.74. The average Bonchev–Trinajstić information content (AvgIpc) is 2.78. The van der Waals surface area contributed by atoms with Crippen LogP contribution in [0, 0.1) is 0 Å². The molecule has 31 heavy (non-hydrogen) atoms. The van der Waals surface area contributed by atoms with Crippen LogP contribution in [0.1, 0.15) is 5.56 Å². The summed E-state index contributed by atoms with van der Waals surface area (Å²) >= 11 is 6.17. The van der Waals surface area contributed by atoms with Gasteiger partial charge in [0.15, 0.2) is 17.1 Å². The Hall–Kier alpha value is -3.77. The lowest BCUT2D eigenvalue weighted by molar-refractivity contribution is -0.111. The minimum absolute atomic E-state index is 0.176. The van der Waals surface area contributed by atoms with Crippen LogP contribution in [0.2, 0.25) is 5.02 Å². The molecule has 1 aromatic heterocycles. The van der Waals surface area contributed by atoms with Gasteiger partial charge in [0.1, 0.15) is 5.58 Å². The van der Waals surface area contributed by atoms with Gasteiger partial charge in [-0.3, -0.25) is 9.59 Å². The number of fused-ring (bicyclic) bond motifs is 2. The first-order chi connectivity index (χ1) is 15.0. The molecule has 0 aliphatic carbocycles. The molecule has 4 rings (SSSR count). The highest BCUT2D eigenvalue weighted by atomic mass is 35.5. The van der Waals surface area contributed by atoms with Crippen LogP contribution in [0.4, 0.5) is 5.69 Å². The van der Waals surface area contributed by atoms with Gasteiger partial charge in [0.05, 0.1) is 30.0 Å². The van der Waals surface area contributed by atoms with Crippen molar-refractivity contribution in [3.05, 3.63) is 81.5 Å². The van der Waals surface area contributed by atoms with Crippen molar-refractivity contribution in [2.24, 2.45) is 0 Å². The van der Waals surface area contributed by atoms with Gasteiger partial charge < -0.3 is 19.2 Å². The standard InChI is InChI=1S/C24H18ClNO5/c1-29-19-10-6-14(12-21(19)30-2)7-11-22(27)26-15-8-9-16-20(13-15)31-24-17(23(16)28)4-3-5-18(24)25/h3-13H,1-2H3,(H,26,27)/b11-7+. The predicted octanol–water partition coefficient (Wildman–Crippen LogP) is 5.27. The molecule has 0 saturated heterocycles. The highest BCUT2D eigenvalue weighted by Crippen LogP contribution is 2.28. The first kappa shape index (κ1) is 20.5.